The molecule has 2 aliphatic rings. The van der Waals surface area contributed by atoms with Gasteiger partial charge in [0.1, 0.15) is 0 Å². The monoisotopic (exact) mass is 250 g/mol. The summed E-state index contributed by atoms with van der Waals surface area (Å²) in [4.78, 5) is 14.0. The third-order valence-corrected chi connectivity index (χ3v) is 4.68. The summed E-state index contributed by atoms with van der Waals surface area (Å²) in [6, 6.07) is 7.90. The molecule has 1 amide bonds. The smallest absolute Gasteiger partial charge is 0.226 e. The highest BCUT2D eigenvalue weighted by molar-refractivity contribution is 7.85. The normalized spacial score (nSPS) is 27.8. The average Bonchev–Trinajstić information content (AvgIpc) is 2.43. The van der Waals surface area contributed by atoms with Crippen molar-refractivity contribution in [1.82, 2.24) is 0 Å². The summed E-state index contributed by atoms with van der Waals surface area (Å²) in [6.45, 7) is 0.767. The summed E-state index contributed by atoms with van der Waals surface area (Å²) < 4.78 is 11.6. The van der Waals surface area contributed by atoms with Crippen LogP contribution in [0.2, 0.25) is 0 Å². The predicted molar refractivity (Wildman–Crippen MR) is 68.7 cm³/mol. The van der Waals surface area contributed by atoms with E-state index >= 15 is 0 Å². The SMILES string of the molecule is O=C1CC2CS(=O)CCN2c2ccccc2N1. The summed E-state index contributed by atoms with van der Waals surface area (Å²) in [6.07, 6.45) is 0.431. The largest absolute Gasteiger partial charge is 0.365 e. The van der Waals surface area contributed by atoms with Gasteiger partial charge in [-0.3, -0.25) is 9.00 Å². The van der Waals surface area contributed by atoms with Crippen LogP contribution < -0.4 is 10.2 Å². The van der Waals surface area contributed by atoms with E-state index < -0.39 is 10.8 Å². The molecule has 0 spiro atoms. The molecule has 1 saturated heterocycles. The number of hydrogen-bond acceptors (Lipinski definition) is 3. The van der Waals surface area contributed by atoms with Gasteiger partial charge in [-0.25, -0.2) is 0 Å². The number of rotatable bonds is 0. The number of carbonyl (C=O) groups excluding carboxylic acids is 1. The van der Waals surface area contributed by atoms with Crippen LogP contribution in [0.15, 0.2) is 24.3 Å². The second-order valence-corrected chi connectivity index (χ2v) is 6.05. The molecule has 0 aromatic heterocycles. The Balaban J connectivity index is 2.03. The van der Waals surface area contributed by atoms with Crippen molar-refractivity contribution in [3.63, 3.8) is 0 Å². The lowest BCUT2D eigenvalue weighted by atomic mass is 10.1. The Hall–Kier alpha value is -1.36. The minimum atomic E-state index is -0.780. The van der Waals surface area contributed by atoms with E-state index in [1.807, 2.05) is 24.3 Å². The highest BCUT2D eigenvalue weighted by atomic mass is 32.2. The fourth-order valence-corrected chi connectivity index (χ4v) is 3.80. The van der Waals surface area contributed by atoms with Crippen molar-refractivity contribution in [2.45, 2.75) is 12.5 Å². The number of anilines is 2. The molecule has 17 heavy (non-hydrogen) atoms. The Morgan fingerprint density at radius 3 is 3.06 bits per heavy atom. The maximum atomic E-state index is 11.8. The number of para-hydroxylation sites is 2. The molecule has 1 aromatic carbocycles. The van der Waals surface area contributed by atoms with Gasteiger partial charge in [0.2, 0.25) is 5.91 Å². The summed E-state index contributed by atoms with van der Waals surface area (Å²) in [5, 5.41) is 2.91. The van der Waals surface area contributed by atoms with Crippen LogP contribution >= 0.6 is 0 Å². The first-order valence-electron chi connectivity index (χ1n) is 5.74. The van der Waals surface area contributed by atoms with Crippen LogP contribution in [0.25, 0.3) is 0 Å². The quantitative estimate of drug-likeness (QED) is 0.746. The molecular formula is C12H14N2O2S. The number of nitrogens with one attached hydrogen (secondary N) is 1. The standard InChI is InChI=1S/C12H14N2O2S/c15-12-7-9-8-17(16)6-5-14(9)11-4-2-1-3-10(11)13-12/h1-4,9H,5-8H2,(H,13,15). The molecule has 2 unspecified atom stereocenters. The van der Waals surface area contributed by atoms with Gasteiger partial charge < -0.3 is 10.2 Å². The van der Waals surface area contributed by atoms with E-state index in [2.05, 4.69) is 10.2 Å². The van der Waals surface area contributed by atoms with Crippen molar-refractivity contribution in [3.8, 4) is 0 Å². The summed E-state index contributed by atoms with van der Waals surface area (Å²) in [5.74, 6) is 1.31. The number of carbonyl (C=O) groups is 1. The van der Waals surface area contributed by atoms with Gasteiger partial charge in [0.25, 0.3) is 0 Å². The van der Waals surface area contributed by atoms with E-state index in [1.165, 1.54) is 0 Å². The highest BCUT2D eigenvalue weighted by Crippen LogP contribution is 2.32. The summed E-state index contributed by atoms with van der Waals surface area (Å²) in [7, 11) is -0.780. The molecule has 5 heteroatoms. The second kappa shape index (κ2) is 4.14. The lowest BCUT2D eigenvalue weighted by Gasteiger charge is -2.35. The van der Waals surface area contributed by atoms with Crippen molar-refractivity contribution in [2.24, 2.45) is 0 Å². The predicted octanol–water partition coefficient (Wildman–Crippen LogP) is 0.966. The average molecular weight is 250 g/mol. The summed E-state index contributed by atoms with van der Waals surface area (Å²) in [5.41, 5.74) is 1.92. The third-order valence-electron chi connectivity index (χ3n) is 3.29. The van der Waals surface area contributed by atoms with Gasteiger partial charge in [-0.1, -0.05) is 12.1 Å². The lowest BCUT2D eigenvalue weighted by molar-refractivity contribution is -0.116. The van der Waals surface area contributed by atoms with Gasteiger partial charge >= 0.3 is 0 Å². The van der Waals surface area contributed by atoms with Crippen molar-refractivity contribution in [2.75, 3.05) is 28.3 Å². The minimum absolute atomic E-state index is 0.0175. The molecule has 0 saturated carbocycles. The molecule has 2 atom stereocenters. The Morgan fingerprint density at radius 1 is 1.35 bits per heavy atom. The van der Waals surface area contributed by atoms with Crippen LogP contribution in [0.4, 0.5) is 11.4 Å². The first kappa shape index (κ1) is 10.8. The van der Waals surface area contributed by atoms with Gasteiger partial charge in [-0.05, 0) is 12.1 Å². The van der Waals surface area contributed by atoms with E-state index in [1.54, 1.807) is 0 Å². The molecule has 0 radical (unpaired) electrons. The number of hydrogen-bond donors (Lipinski definition) is 1. The molecule has 0 aliphatic carbocycles. The first-order chi connectivity index (χ1) is 8.24. The molecule has 0 bridgehead atoms. The van der Waals surface area contributed by atoms with E-state index in [0.717, 1.165) is 17.9 Å². The van der Waals surface area contributed by atoms with E-state index in [-0.39, 0.29) is 11.9 Å². The maximum Gasteiger partial charge on any atom is 0.226 e. The molecule has 3 rings (SSSR count). The van der Waals surface area contributed by atoms with Gasteiger partial charge in [-0.15, -0.1) is 0 Å². The van der Waals surface area contributed by atoms with Crippen LogP contribution in [0.5, 0.6) is 0 Å². The Bertz CT molecular complexity index is 489. The zero-order valence-corrected chi connectivity index (χ0v) is 10.2. The maximum absolute atomic E-state index is 11.8. The lowest BCUT2D eigenvalue weighted by Crippen LogP contribution is -2.47. The van der Waals surface area contributed by atoms with Gasteiger partial charge in [-0.2, -0.15) is 0 Å². The molecule has 90 valence electrons. The van der Waals surface area contributed by atoms with E-state index in [0.29, 0.717) is 17.9 Å². The number of nitrogens with zero attached hydrogens (tertiary/aromatic N) is 1. The zero-order chi connectivity index (χ0) is 11.8. The molecule has 2 heterocycles. The van der Waals surface area contributed by atoms with Crippen molar-refractivity contribution in [1.29, 1.82) is 0 Å². The van der Waals surface area contributed by atoms with Crippen molar-refractivity contribution in [3.05, 3.63) is 24.3 Å². The first-order valence-corrected chi connectivity index (χ1v) is 7.23. The second-order valence-electron chi connectivity index (χ2n) is 4.43. The minimum Gasteiger partial charge on any atom is -0.365 e. The molecule has 1 N–H and O–H groups in total. The number of benzene rings is 1. The van der Waals surface area contributed by atoms with Crippen molar-refractivity contribution < 1.29 is 9.00 Å². The zero-order valence-electron chi connectivity index (χ0n) is 9.39. The Morgan fingerprint density at radius 2 is 2.18 bits per heavy atom. The third kappa shape index (κ3) is 1.95. The van der Waals surface area contributed by atoms with Crippen LogP contribution in [0.3, 0.4) is 0 Å². The molecular weight excluding hydrogens is 236 g/mol. The van der Waals surface area contributed by atoms with Gasteiger partial charge in [0.05, 0.1) is 11.4 Å². The Labute approximate surface area is 102 Å². The van der Waals surface area contributed by atoms with Gasteiger partial charge in [0.15, 0.2) is 0 Å². The van der Waals surface area contributed by atoms with Crippen LogP contribution in [-0.4, -0.2) is 34.2 Å². The molecule has 2 aliphatic heterocycles. The topological polar surface area (TPSA) is 49.4 Å². The fourth-order valence-electron chi connectivity index (χ4n) is 2.50. The van der Waals surface area contributed by atoms with Crippen LogP contribution in [0.1, 0.15) is 6.42 Å². The molecule has 1 fully saturated rings. The fraction of sp³-hybridized carbons (Fsp3) is 0.417. The van der Waals surface area contributed by atoms with Crippen LogP contribution in [0, 0.1) is 0 Å². The van der Waals surface area contributed by atoms with Gasteiger partial charge in [0, 0.05) is 41.3 Å². The summed E-state index contributed by atoms with van der Waals surface area (Å²) >= 11 is 0. The van der Waals surface area contributed by atoms with E-state index in [4.69, 9.17) is 0 Å². The Kier molecular flexibility index (Phi) is 2.63. The number of fused-ring (bicyclic) bond motifs is 3. The number of amides is 1. The molecule has 4 nitrogen and oxygen atoms in total. The highest BCUT2D eigenvalue weighted by Gasteiger charge is 2.32. The van der Waals surface area contributed by atoms with Crippen molar-refractivity contribution >= 4 is 28.1 Å². The van der Waals surface area contributed by atoms with E-state index in [9.17, 15) is 9.00 Å². The molecule has 1 aromatic rings. The van der Waals surface area contributed by atoms with Crippen LogP contribution in [-0.2, 0) is 15.6 Å².